The summed E-state index contributed by atoms with van der Waals surface area (Å²) < 4.78 is 24.4. The van der Waals surface area contributed by atoms with Gasteiger partial charge in [-0.3, -0.25) is 4.52 Å². The summed E-state index contributed by atoms with van der Waals surface area (Å²) in [4.78, 5) is 20.8. The van der Waals surface area contributed by atoms with Crippen LogP contribution in [0.4, 0.5) is 0 Å². The third-order valence-electron chi connectivity index (χ3n) is 1.59. The molecule has 0 saturated carbocycles. The summed E-state index contributed by atoms with van der Waals surface area (Å²) >= 11 is 0. The van der Waals surface area contributed by atoms with Gasteiger partial charge in [-0.25, -0.2) is 9.55 Å². The monoisotopic (exact) mass is 246 g/mol. The molecular formula is C7H7N2O6P. The minimum atomic E-state index is -4.50. The van der Waals surface area contributed by atoms with Gasteiger partial charge in [0.25, 0.3) is 0 Å². The van der Waals surface area contributed by atoms with E-state index in [4.69, 9.17) is 14.2 Å². The molecular weight excluding hydrogens is 239 g/mol. The lowest BCUT2D eigenvalue weighted by Crippen LogP contribution is -1.88. The smallest absolute Gasteiger partial charge is 0.437 e. The molecule has 9 heteroatoms. The van der Waals surface area contributed by atoms with Gasteiger partial charge in [-0.1, -0.05) is 5.16 Å². The average Bonchev–Trinajstić information content (AvgIpc) is 2.84. The Morgan fingerprint density at radius 1 is 1.50 bits per heavy atom. The predicted octanol–water partition coefficient (Wildman–Crippen LogP) is 0.939. The Balaban J connectivity index is 2.06. The summed E-state index contributed by atoms with van der Waals surface area (Å²) in [6.07, 6.45) is 2.64. The third kappa shape index (κ3) is 2.77. The van der Waals surface area contributed by atoms with Crippen LogP contribution in [0.5, 0.6) is 0 Å². The van der Waals surface area contributed by atoms with Crippen LogP contribution < -0.4 is 0 Å². The molecule has 2 aromatic rings. The van der Waals surface area contributed by atoms with Crippen LogP contribution in [0.2, 0.25) is 0 Å². The van der Waals surface area contributed by atoms with E-state index in [2.05, 4.69) is 19.2 Å². The highest BCUT2D eigenvalue weighted by Gasteiger charge is 2.16. The largest absolute Gasteiger partial charge is 0.470 e. The van der Waals surface area contributed by atoms with Gasteiger partial charge in [-0.2, -0.15) is 0 Å². The molecule has 0 amide bonds. The van der Waals surface area contributed by atoms with Crippen molar-refractivity contribution in [3.63, 3.8) is 0 Å². The number of phosphoric ester groups is 1. The molecule has 86 valence electrons. The molecule has 0 saturated heterocycles. The first-order valence-corrected chi connectivity index (χ1v) is 5.63. The van der Waals surface area contributed by atoms with Gasteiger partial charge >= 0.3 is 7.82 Å². The molecule has 0 aliphatic heterocycles. The van der Waals surface area contributed by atoms with Crippen LogP contribution in [-0.4, -0.2) is 19.9 Å². The van der Waals surface area contributed by atoms with E-state index in [0.717, 1.165) is 0 Å². The first-order chi connectivity index (χ1) is 7.54. The number of hydrogen-bond acceptors (Lipinski definition) is 6. The first-order valence-electron chi connectivity index (χ1n) is 4.10. The van der Waals surface area contributed by atoms with Gasteiger partial charge in [0.2, 0.25) is 5.89 Å². The van der Waals surface area contributed by atoms with E-state index in [0.29, 0.717) is 5.69 Å². The van der Waals surface area contributed by atoms with E-state index in [-0.39, 0.29) is 18.3 Å². The first kappa shape index (κ1) is 11.0. The summed E-state index contributed by atoms with van der Waals surface area (Å²) in [5.41, 5.74) is 0.391. The second-order valence-corrected chi connectivity index (χ2v) is 4.02. The van der Waals surface area contributed by atoms with Crippen molar-refractivity contribution in [1.82, 2.24) is 10.1 Å². The normalized spacial score (nSPS) is 11.9. The maximum Gasteiger partial charge on any atom is 0.470 e. The maximum atomic E-state index is 10.4. The van der Waals surface area contributed by atoms with Crippen LogP contribution in [0.25, 0.3) is 11.6 Å². The number of oxazole rings is 1. The van der Waals surface area contributed by atoms with E-state index >= 15 is 0 Å². The van der Waals surface area contributed by atoms with Crippen LogP contribution in [0.3, 0.4) is 0 Å². The number of aromatic nitrogens is 2. The van der Waals surface area contributed by atoms with Gasteiger partial charge in [0.1, 0.15) is 12.9 Å². The molecule has 2 N–H and O–H groups in total. The Morgan fingerprint density at radius 3 is 2.94 bits per heavy atom. The highest BCUT2D eigenvalue weighted by Crippen LogP contribution is 2.37. The van der Waals surface area contributed by atoms with Crippen molar-refractivity contribution in [1.29, 1.82) is 0 Å². The fraction of sp³-hybridized carbons (Fsp3) is 0.143. The molecule has 0 radical (unpaired) electrons. The van der Waals surface area contributed by atoms with Crippen LogP contribution in [0.1, 0.15) is 5.76 Å². The minimum absolute atomic E-state index is 0.182. The van der Waals surface area contributed by atoms with Crippen LogP contribution in [-0.2, 0) is 15.7 Å². The summed E-state index contributed by atoms with van der Waals surface area (Å²) in [5, 5.41) is 3.58. The Hall–Kier alpha value is -1.47. The van der Waals surface area contributed by atoms with Crippen molar-refractivity contribution in [2.24, 2.45) is 0 Å². The van der Waals surface area contributed by atoms with E-state index in [1.54, 1.807) is 6.07 Å². The van der Waals surface area contributed by atoms with Crippen molar-refractivity contribution >= 4 is 7.82 Å². The molecule has 0 bridgehead atoms. The van der Waals surface area contributed by atoms with Crippen molar-refractivity contribution in [2.75, 3.05) is 0 Å². The third-order valence-corrected chi connectivity index (χ3v) is 2.05. The van der Waals surface area contributed by atoms with E-state index < -0.39 is 7.82 Å². The standard InChI is InChI=1S/C7H7N2O6P/c10-16(11,12)14-4-5-3-8-7(15-5)6-1-2-13-9-6/h1-3H,4H2,(H2,10,11,12). The van der Waals surface area contributed by atoms with Gasteiger partial charge in [0.05, 0.1) is 6.20 Å². The Kier molecular flexibility index (Phi) is 2.88. The molecule has 16 heavy (non-hydrogen) atoms. The van der Waals surface area contributed by atoms with E-state index in [1.165, 1.54) is 12.5 Å². The Bertz CT molecular complexity index is 501. The van der Waals surface area contributed by atoms with Gasteiger partial charge in [-0.15, -0.1) is 0 Å². The lowest BCUT2D eigenvalue weighted by atomic mass is 10.4. The highest BCUT2D eigenvalue weighted by molar-refractivity contribution is 7.46. The van der Waals surface area contributed by atoms with Crippen LogP contribution in [0, 0.1) is 0 Å². The lowest BCUT2D eigenvalue weighted by molar-refractivity contribution is 0.176. The average molecular weight is 246 g/mol. The summed E-state index contributed by atoms with van der Waals surface area (Å²) in [7, 11) is -4.50. The highest BCUT2D eigenvalue weighted by atomic mass is 31.2. The molecule has 2 rings (SSSR count). The van der Waals surface area contributed by atoms with Crippen molar-refractivity contribution in [3.8, 4) is 11.6 Å². The maximum absolute atomic E-state index is 10.4. The molecule has 8 nitrogen and oxygen atoms in total. The number of nitrogens with zero attached hydrogens (tertiary/aromatic N) is 2. The topological polar surface area (TPSA) is 119 Å². The summed E-state index contributed by atoms with van der Waals surface area (Å²) in [5.74, 6) is 0.374. The minimum Gasteiger partial charge on any atom is -0.437 e. The zero-order valence-corrected chi connectivity index (χ0v) is 8.70. The van der Waals surface area contributed by atoms with E-state index in [1.807, 2.05) is 0 Å². The number of rotatable bonds is 4. The molecule has 0 spiro atoms. The summed E-state index contributed by atoms with van der Waals surface area (Å²) in [6, 6.07) is 1.54. The zero-order valence-electron chi connectivity index (χ0n) is 7.81. The van der Waals surface area contributed by atoms with Crippen molar-refractivity contribution in [3.05, 3.63) is 24.3 Å². The predicted molar refractivity (Wildman–Crippen MR) is 48.8 cm³/mol. The van der Waals surface area contributed by atoms with Crippen LogP contribution >= 0.6 is 7.82 Å². The SMILES string of the molecule is O=P(O)(O)OCc1cnc(-c2ccon2)o1. The van der Waals surface area contributed by atoms with Crippen molar-refractivity contribution in [2.45, 2.75) is 6.61 Å². The summed E-state index contributed by atoms with van der Waals surface area (Å²) in [6.45, 7) is -0.366. The van der Waals surface area contributed by atoms with Crippen LogP contribution in [0.15, 0.2) is 27.5 Å². The fourth-order valence-electron chi connectivity index (χ4n) is 0.963. The van der Waals surface area contributed by atoms with Gasteiger partial charge < -0.3 is 18.7 Å². The number of hydrogen-bond donors (Lipinski definition) is 2. The van der Waals surface area contributed by atoms with Gasteiger partial charge in [-0.05, 0) is 0 Å². The molecule has 2 heterocycles. The molecule has 0 aliphatic rings. The van der Waals surface area contributed by atoms with E-state index in [9.17, 15) is 4.57 Å². The second kappa shape index (κ2) is 4.18. The molecule has 0 fully saturated rings. The molecule has 0 aliphatic carbocycles. The quantitative estimate of drug-likeness (QED) is 0.765. The zero-order chi connectivity index (χ0) is 11.6. The van der Waals surface area contributed by atoms with Gasteiger partial charge in [0.15, 0.2) is 11.5 Å². The van der Waals surface area contributed by atoms with Gasteiger partial charge in [0, 0.05) is 6.07 Å². The Morgan fingerprint density at radius 2 is 2.31 bits per heavy atom. The van der Waals surface area contributed by atoms with Crippen molar-refractivity contribution < 1.29 is 27.8 Å². The lowest BCUT2D eigenvalue weighted by Gasteiger charge is -2.01. The molecule has 0 unspecified atom stereocenters. The molecule has 0 aromatic carbocycles. The fourth-order valence-corrected chi connectivity index (χ4v) is 1.26. The Labute approximate surface area is 89.1 Å². The number of phosphoric acid groups is 1. The second-order valence-electron chi connectivity index (χ2n) is 2.78. The molecule has 0 atom stereocenters. The molecule has 2 aromatic heterocycles.